The number of halogens is 1. The van der Waals surface area contributed by atoms with Crippen LogP contribution in [0.5, 0.6) is 0 Å². The molecule has 3 nitrogen and oxygen atoms in total. The van der Waals surface area contributed by atoms with E-state index < -0.39 is 0 Å². The number of benzene rings is 3. The number of carbonyl (C=O) groups is 1. The molecule has 1 aliphatic rings. The van der Waals surface area contributed by atoms with Crippen LogP contribution in [0.2, 0.25) is 5.02 Å². The molecule has 142 valence electrons. The lowest BCUT2D eigenvalue weighted by Crippen LogP contribution is -2.33. The van der Waals surface area contributed by atoms with E-state index in [0.717, 1.165) is 21.0 Å². The second-order valence-electron chi connectivity index (χ2n) is 6.85. The fraction of sp³-hybridized carbons (Fsp3) is 0.174. The molecule has 0 aliphatic carbocycles. The zero-order valence-electron chi connectivity index (χ0n) is 15.3. The molecule has 0 spiro atoms. The van der Waals surface area contributed by atoms with Crippen molar-refractivity contribution in [2.24, 2.45) is 0 Å². The Labute approximate surface area is 174 Å². The summed E-state index contributed by atoms with van der Waals surface area (Å²) in [6.45, 7) is 0.614. The Morgan fingerprint density at radius 1 is 0.929 bits per heavy atom. The summed E-state index contributed by atoms with van der Waals surface area (Å²) in [5.74, 6) is 0.173. The minimum absolute atomic E-state index is 0.00583. The molecule has 1 aliphatic heterocycles. The molecule has 0 aromatic heterocycles. The number of hydrogen-bond donors (Lipinski definition) is 1. The number of nitrogens with one attached hydrogen (secondary N) is 1. The summed E-state index contributed by atoms with van der Waals surface area (Å²) in [6, 6.07) is 28.2. The maximum Gasteiger partial charge on any atom is 0.225 e. The summed E-state index contributed by atoms with van der Waals surface area (Å²) >= 11 is 7.52. The smallest absolute Gasteiger partial charge is 0.225 e. The van der Waals surface area contributed by atoms with Gasteiger partial charge in [-0.3, -0.25) is 9.52 Å². The van der Waals surface area contributed by atoms with Crippen LogP contribution in [0.15, 0.2) is 89.8 Å². The van der Waals surface area contributed by atoms with Gasteiger partial charge >= 0.3 is 0 Å². The molecule has 1 heterocycles. The van der Waals surface area contributed by atoms with Gasteiger partial charge in [-0.05, 0) is 47.3 Å². The van der Waals surface area contributed by atoms with E-state index in [1.165, 1.54) is 0 Å². The highest BCUT2D eigenvalue weighted by Gasteiger charge is 2.40. The highest BCUT2D eigenvalue weighted by atomic mass is 35.5. The largest absolute Gasteiger partial charge is 0.330 e. The number of rotatable bonds is 6. The standard InChI is InChI=1S/C23H21ClN2OS/c24-19-11-13-20(14-12-19)28-25-21-15-22(27)26(16-17-7-3-1-4-8-17)23(21)18-9-5-2-6-10-18/h1-14,21,23,25H,15-16H2/t21-,23+/m0/s1. The molecule has 4 rings (SSSR count). The van der Waals surface area contributed by atoms with Crippen molar-refractivity contribution in [2.75, 3.05) is 0 Å². The lowest BCUT2D eigenvalue weighted by Gasteiger charge is -2.29. The van der Waals surface area contributed by atoms with E-state index in [1.807, 2.05) is 65.6 Å². The van der Waals surface area contributed by atoms with Gasteiger partial charge in [0, 0.05) is 22.9 Å². The van der Waals surface area contributed by atoms with Crippen molar-refractivity contribution in [2.45, 2.75) is 29.9 Å². The number of amides is 1. The summed E-state index contributed by atoms with van der Waals surface area (Å²) < 4.78 is 3.52. The molecule has 2 atom stereocenters. The highest BCUT2D eigenvalue weighted by molar-refractivity contribution is 7.97. The Hall–Kier alpha value is -2.27. The fourth-order valence-electron chi connectivity index (χ4n) is 3.57. The Morgan fingerprint density at radius 3 is 2.25 bits per heavy atom. The van der Waals surface area contributed by atoms with Crippen LogP contribution in [-0.2, 0) is 11.3 Å². The quantitative estimate of drug-likeness (QED) is 0.548. The molecule has 0 bridgehead atoms. The molecular weight excluding hydrogens is 388 g/mol. The Balaban J connectivity index is 1.56. The van der Waals surface area contributed by atoms with E-state index in [4.69, 9.17) is 11.6 Å². The zero-order valence-corrected chi connectivity index (χ0v) is 16.9. The van der Waals surface area contributed by atoms with Crippen LogP contribution >= 0.6 is 23.5 Å². The summed E-state index contributed by atoms with van der Waals surface area (Å²) in [7, 11) is 0. The van der Waals surface area contributed by atoms with Crippen LogP contribution in [0.1, 0.15) is 23.6 Å². The van der Waals surface area contributed by atoms with E-state index in [9.17, 15) is 4.79 Å². The topological polar surface area (TPSA) is 32.3 Å². The van der Waals surface area contributed by atoms with Crippen molar-refractivity contribution >= 4 is 29.5 Å². The van der Waals surface area contributed by atoms with E-state index in [2.05, 4.69) is 29.0 Å². The predicted molar refractivity (Wildman–Crippen MR) is 115 cm³/mol. The van der Waals surface area contributed by atoms with Gasteiger partial charge in [0.1, 0.15) is 0 Å². The third-order valence-corrected chi connectivity index (χ3v) is 6.09. The Bertz CT molecular complexity index is 918. The van der Waals surface area contributed by atoms with Crippen molar-refractivity contribution in [3.05, 3.63) is 101 Å². The fourth-order valence-corrected chi connectivity index (χ4v) is 4.47. The molecule has 3 aromatic carbocycles. The SMILES string of the molecule is O=C1C[C@H](NSc2ccc(Cl)cc2)[C@@H](c2ccccc2)N1Cc1ccccc1. The minimum atomic E-state index is -0.00583. The van der Waals surface area contributed by atoms with Gasteiger partial charge in [-0.1, -0.05) is 72.3 Å². The van der Waals surface area contributed by atoms with E-state index in [-0.39, 0.29) is 18.0 Å². The second kappa shape index (κ2) is 8.82. The first-order valence-corrected chi connectivity index (χ1v) is 10.5. The Kier molecular flexibility index (Phi) is 6.01. The average Bonchev–Trinajstić information content (AvgIpc) is 3.04. The first kappa shape index (κ1) is 19.1. The van der Waals surface area contributed by atoms with Gasteiger partial charge in [0.05, 0.1) is 12.1 Å². The van der Waals surface area contributed by atoms with Crippen LogP contribution < -0.4 is 4.72 Å². The molecule has 3 aromatic rings. The van der Waals surface area contributed by atoms with Crippen LogP contribution in [0.3, 0.4) is 0 Å². The van der Waals surface area contributed by atoms with Crippen LogP contribution in [-0.4, -0.2) is 16.8 Å². The summed E-state index contributed by atoms with van der Waals surface area (Å²) in [5.41, 5.74) is 2.29. The predicted octanol–water partition coefficient (Wildman–Crippen LogP) is 5.48. The van der Waals surface area contributed by atoms with Crippen LogP contribution in [0.25, 0.3) is 0 Å². The highest BCUT2D eigenvalue weighted by Crippen LogP contribution is 2.36. The van der Waals surface area contributed by atoms with Gasteiger partial charge in [0.2, 0.25) is 5.91 Å². The Morgan fingerprint density at radius 2 is 1.57 bits per heavy atom. The van der Waals surface area contributed by atoms with Crippen LogP contribution in [0, 0.1) is 0 Å². The van der Waals surface area contributed by atoms with Gasteiger partial charge in [-0.25, -0.2) is 0 Å². The summed E-state index contributed by atoms with van der Waals surface area (Å²) in [5, 5.41) is 0.719. The van der Waals surface area contributed by atoms with Gasteiger partial charge < -0.3 is 4.90 Å². The van der Waals surface area contributed by atoms with Crippen molar-refractivity contribution in [3.63, 3.8) is 0 Å². The van der Waals surface area contributed by atoms with Gasteiger partial charge in [0.15, 0.2) is 0 Å². The van der Waals surface area contributed by atoms with Crippen molar-refractivity contribution < 1.29 is 4.79 Å². The molecule has 1 fully saturated rings. The third kappa shape index (κ3) is 4.41. The maximum absolute atomic E-state index is 12.9. The van der Waals surface area contributed by atoms with Gasteiger partial charge in [-0.2, -0.15) is 0 Å². The van der Waals surface area contributed by atoms with Crippen molar-refractivity contribution in [1.29, 1.82) is 0 Å². The molecule has 1 saturated heterocycles. The van der Waals surface area contributed by atoms with E-state index in [1.54, 1.807) is 11.9 Å². The number of likely N-dealkylation sites (tertiary alicyclic amines) is 1. The zero-order chi connectivity index (χ0) is 19.3. The monoisotopic (exact) mass is 408 g/mol. The first-order valence-electron chi connectivity index (χ1n) is 9.27. The van der Waals surface area contributed by atoms with Crippen molar-refractivity contribution in [3.8, 4) is 0 Å². The molecule has 0 radical (unpaired) electrons. The number of carbonyl (C=O) groups excluding carboxylic acids is 1. The molecular formula is C23H21ClN2OS. The molecule has 5 heteroatoms. The molecule has 1 amide bonds. The maximum atomic E-state index is 12.9. The lowest BCUT2D eigenvalue weighted by atomic mass is 10.0. The third-order valence-electron chi connectivity index (χ3n) is 4.91. The van der Waals surface area contributed by atoms with Crippen molar-refractivity contribution in [1.82, 2.24) is 9.62 Å². The molecule has 1 N–H and O–H groups in total. The average molecular weight is 409 g/mol. The first-order chi connectivity index (χ1) is 13.7. The lowest BCUT2D eigenvalue weighted by molar-refractivity contribution is -0.129. The molecule has 28 heavy (non-hydrogen) atoms. The minimum Gasteiger partial charge on any atom is -0.330 e. The van der Waals surface area contributed by atoms with E-state index in [0.29, 0.717) is 13.0 Å². The molecule has 0 saturated carbocycles. The van der Waals surface area contributed by atoms with Gasteiger partial charge in [0.25, 0.3) is 0 Å². The molecule has 0 unspecified atom stereocenters. The van der Waals surface area contributed by atoms with Crippen LogP contribution in [0.4, 0.5) is 0 Å². The number of nitrogens with zero attached hydrogens (tertiary/aromatic N) is 1. The summed E-state index contributed by atoms with van der Waals surface area (Å²) in [4.78, 5) is 16.0. The van der Waals surface area contributed by atoms with Gasteiger partial charge in [-0.15, -0.1) is 0 Å². The second-order valence-corrected chi connectivity index (χ2v) is 8.19. The normalized spacial score (nSPS) is 19.2. The van der Waals surface area contributed by atoms with E-state index >= 15 is 0 Å². The number of hydrogen-bond acceptors (Lipinski definition) is 3. The summed E-state index contributed by atoms with van der Waals surface area (Å²) in [6.07, 6.45) is 0.479.